The fraction of sp³-hybridized carbons (Fsp3) is 0.692. The van der Waals surface area contributed by atoms with Gasteiger partial charge in [-0.05, 0) is 0 Å². The summed E-state index contributed by atoms with van der Waals surface area (Å²) in [5.41, 5.74) is 0. The van der Waals surface area contributed by atoms with Gasteiger partial charge in [-0.25, -0.2) is 0 Å². The minimum Gasteiger partial charge on any atom is -0.339 e. The van der Waals surface area contributed by atoms with Gasteiger partial charge in [-0.3, -0.25) is 9.59 Å². The van der Waals surface area contributed by atoms with Gasteiger partial charge in [-0.2, -0.15) is 0 Å². The molecule has 102 valence electrons. The van der Waals surface area contributed by atoms with Crippen molar-refractivity contribution in [2.45, 2.75) is 13.8 Å². The van der Waals surface area contributed by atoms with Gasteiger partial charge < -0.3 is 15.1 Å². The van der Waals surface area contributed by atoms with Gasteiger partial charge in [0, 0.05) is 38.6 Å². The average molecular weight is 253 g/mol. The largest absolute Gasteiger partial charge is 0.339 e. The number of rotatable bonds is 5. The van der Waals surface area contributed by atoms with E-state index in [1.165, 1.54) is 0 Å². The monoisotopic (exact) mass is 253 g/mol. The Morgan fingerprint density at radius 2 is 1.78 bits per heavy atom. The van der Waals surface area contributed by atoms with E-state index in [2.05, 4.69) is 11.9 Å². The minimum atomic E-state index is 0.0292. The number of piperazine rings is 1. The molecule has 1 fully saturated rings. The quantitative estimate of drug-likeness (QED) is 0.558. The molecule has 0 aromatic carbocycles. The van der Waals surface area contributed by atoms with Crippen molar-refractivity contribution in [2.24, 2.45) is 5.92 Å². The van der Waals surface area contributed by atoms with Gasteiger partial charge in [-0.15, -0.1) is 6.58 Å². The predicted octanol–water partition coefficient (Wildman–Crippen LogP) is 0.0888. The summed E-state index contributed by atoms with van der Waals surface area (Å²) in [6.45, 7) is 10.9. The molecule has 1 aliphatic rings. The number of carbonyl (C=O) groups is 2. The van der Waals surface area contributed by atoms with E-state index in [0.29, 0.717) is 39.3 Å². The normalized spacial score (nSPS) is 15.9. The Morgan fingerprint density at radius 3 is 2.28 bits per heavy atom. The van der Waals surface area contributed by atoms with Crippen LogP contribution >= 0.6 is 0 Å². The second kappa shape index (κ2) is 7.16. The van der Waals surface area contributed by atoms with Gasteiger partial charge in [0.05, 0.1) is 6.54 Å². The maximum Gasteiger partial charge on any atom is 0.236 e. The lowest BCUT2D eigenvalue weighted by molar-refractivity contribution is -0.141. The molecule has 2 amide bonds. The number of amides is 2. The van der Waals surface area contributed by atoms with Crippen LogP contribution < -0.4 is 5.32 Å². The van der Waals surface area contributed by atoms with Crippen molar-refractivity contribution in [3.63, 3.8) is 0 Å². The average Bonchev–Trinajstić information content (AvgIpc) is 2.38. The summed E-state index contributed by atoms with van der Waals surface area (Å²) in [6, 6.07) is 0. The number of nitrogens with zero attached hydrogens (tertiary/aromatic N) is 2. The lowest BCUT2D eigenvalue weighted by Gasteiger charge is -2.35. The van der Waals surface area contributed by atoms with Crippen LogP contribution in [0.15, 0.2) is 12.7 Å². The van der Waals surface area contributed by atoms with Crippen molar-refractivity contribution < 1.29 is 9.59 Å². The molecule has 0 unspecified atom stereocenters. The molecule has 1 heterocycles. The van der Waals surface area contributed by atoms with Gasteiger partial charge in [-0.1, -0.05) is 19.9 Å². The highest BCUT2D eigenvalue weighted by Gasteiger charge is 2.24. The molecule has 1 rings (SSSR count). The van der Waals surface area contributed by atoms with Gasteiger partial charge in [0.1, 0.15) is 0 Å². The highest BCUT2D eigenvalue weighted by molar-refractivity contribution is 5.80. The second-order valence-electron chi connectivity index (χ2n) is 4.78. The zero-order valence-electron chi connectivity index (χ0n) is 11.3. The standard InChI is InChI=1S/C13H23N3O2/c1-4-5-14-10-12(17)15-6-8-16(9-7-15)13(18)11(2)3/h4,11,14H,1,5-10H2,2-3H3. The lowest BCUT2D eigenvalue weighted by Crippen LogP contribution is -2.53. The molecule has 5 heteroatoms. The van der Waals surface area contributed by atoms with Crippen LogP contribution in [0.2, 0.25) is 0 Å². The Balaban J connectivity index is 2.32. The van der Waals surface area contributed by atoms with Gasteiger partial charge in [0.25, 0.3) is 0 Å². The van der Waals surface area contributed by atoms with Crippen molar-refractivity contribution in [1.82, 2.24) is 15.1 Å². The van der Waals surface area contributed by atoms with Gasteiger partial charge in [0.2, 0.25) is 11.8 Å². The summed E-state index contributed by atoms with van der Waals surface area (Å²) in [6.07, 6.45) is 1.73. The van der Waals surface area contributed by atoms with E-state index in [9.17, 15) is 9.59 Å². The Labute approximate surface area is 109 Å². The molecule has 0 spiro atoms. The Kier molecular flexibility index (Phi) is 5.85. The second-order valence-corrected chi connectivity index (χ2v) is 4.78. The van der Waals surface area contributed by atoms with Gasteiger partial charge in [0.15, 0.2) is 0 Å². The van der Waals surface area contributed by atoms with E-state index in [-0.39, 0.29) is 17.7 Å². The highest BCUT2D eigenvalue weighted by Crippen LogP contribution is 2.07. The molecule has 1 N–H and O–H groups in total. The number of hydrogen-bond donors (Lipinski definition) is 1. The first-order valence-corrected chi connectivity index (χ1v) is 6.44. The van der Waals surface area contributed by atoms with E-state index in [1.807, 2.05) is 18.7 Å². The number of nitrogens with one attached hydrogen (secondary N) is 1. The van der Waals surface area contributed by atoms with Crippen LogP contribution in [0.3, 0.4) is 0 Å². The Bertz CT molecular complexity index is 307. The summed E-state index contributed by atoms with van der Waals surface area (Å²) >= 11 is 0. The van der Waals surface area contributed by atoms with Crippen LogP contribution in [0.25, 0.3) is 0 Å². The SMILES string of the molecule is C=CCNCC(=O)N1CCN(C(=O)C(C)C)CC1. The molecule has 1 aliphatic heterocycles. The zero-order chi connectivity index (χ0) is 13.5. The first-order chi connectivity index (χ1) is 8.56. The van der Waals surface area contributed by atoms with Crippen LogP contribution in [0, 0.1) is 5.92 Å². The van der Waals surface area contributed by atoms with Crippen molar-refractivity contribution >= 4 is 11.8 Å². The summed E-state index contributed by atoms with van der Waals surface area (Å²) in [5, 5.41) is 2.99. The van der Waals surface area contributed by atoms with Crippen LogP contribution in [0.5, 0.6) is 0 Å². The lowest BCUT2D eigenvalue weighted by atomic mass is 10.1. The van der Waals surface area contributed by atoms with Crippen LogP contribution in [-0.4, -0.2) is 60.9 Å². The molecule has 0 saturated carbocycles. The third kappa shape index (κ3) is 4.14. The van der Waals surface area contributed by atoms with E-state index in [4.69, 9.17) is 0 Å². The zero-order valence-corrected chi connectivity index (χ0v) is 11.3. The first kappa shape index (κ1) is 14.7. The van der Waals surface area contributed by atoms with E-state index in [0.717, 1.165) is 0 Å². The van der Waals surface area contributed by atoms with Crippen molar-refractivity contribution in [1.29, 1.82) is 0 Å². The molecule has 0 bridgehead atoms. The Morgan fingerprint density at radius 1 is 1.22 bits per heavy atom. The third-order valence-electron chi connectivity index (χ3n) is 3.00. The predicted molar refractivity (Wildman–Crippen MR) is 71.1 cm³/mol. The molecule has 1 saturated heterocycles. The van der Waals surface area contributed by atoms with Crippen molar-refractivity contribution in [2.75, 3.05) is 39.3 Å². The fourth-order valence-electron chi connectivity index (χ4n) is 1.93. The summed E-state index contributed by atoms with van der Waals surface area (Å²) in [5.74, 6) is 0.293. The maximum absolute atomic E-state index is 11.8. The van der Waals surface area contributed by atoms with Crippen LogP contribution in [0.4, 0.5) is 0 Å². The molecule has 0 aromatic heterocycles. The Hall–Kier alpha value is -1.36. The topological polar surface area (TPSA) is 52.7 Å². The van der Waals surface area contributed by atoms with Crippen molar-refractivity contribution in [3.05, 3.63) is 12.7 Å². The maximum atomic E-state index is 11.8. The van der Waals surface area contributed by atoms with E-state index in [1.54, 1.807) is 11.0 Å². The summed E-state index contributed by atoms with van der Waals surface area (Å²) in [7, 11) is 0. The van der Waals surface area contributed by atoms with Crippen LogP contribution in [0.1, 0.15) is 13.8 Å². The van der Waals surface area contributed by atoms with Gasteiger partial charge >= 0.3 is 0 Å². The highest BCUT2D eigenvalue weighted by atomic mass is 16.2. The molecular weight excluding hydrogens is 230 g/mol. The molecule has 0 aliphatic carbocycles. The van der Waals surface area contributed by atoms with Crippen molar-refractivity contribution in [3.8, 4) is 0 Å². The number of hydrogen-bond acceptors (Lipinski definition) is 3. The summed E-state index contributed by atoms with van der Waals surface area (Å²) < 4.78 is 0. The molecular formula is C13H23N3O2. The fourth-order valence-corrected chi connectivity index (χ4v) is 1.93. The molecule has 0 radical (unpaired) electrons. The first-order valence-electron chi connectivity index (χ1n) is 6.44. The molecule has 18 heavy (non-hydrogen) atoms. The molecule has 0 aromatic rings. The molecule has 0 atom stereocenters. The molecule has 5 nitrogen and oxygen atoms in total. The van der Waals surface area contributed by atoms with E-state index < -0.39 is 0 Å². The summed E-state index contributed by atoms with van der Waals surface area (Å²) in [4.78, 5) is 27.2. The smallest absolute Gasteiger partial charge is 0.236 e. The minimum absolute atomic E-state index is 0.0292. The van der Waals surface area contributed by atoms with E-state index >= 15 is 0 Å². The number of carbonyl (C=O) groups excluding carboxylic acids is 2. The van der Waals surface area contributed by atoms with Crippen LogP contribution in [-0.2, 0) is 9.59 Å². The third-order valence-corrected chi connectivity index (χ3v) is 3.00.